The summed E-state index contributed by atoms with van der Waals surface area (Å²) in [7, 11) is 0. The third-order valence-corrected chi connectivity index (χ3v) is 6.43. The Morgan fingerprint density at radius 2 is 0.963 bits per heavy atom. The molecule has 27 heavy (non-hydrogen) atoms. The highest BCUT2D eigenvalue weighted by Gasteiger charge is 2.40. The van der Waals surface area contributed by atoms with E-state index in [0.717, 1.165) is 0 Å². The molecule has 0 nitrogen and oxygen atoms in total. The van der Waals surface area contributed by atoms with Crippen LogP contribution in [0.25, 0.3) is 21.5 Å². The van der Waals surface area contributed by atoms with Crippen LogP contribution in [0, 0.1) is 5.41 Å². The third kappa shape index (κ3) is 3.04. The number of hydrogen-bond acceptors (Lipinski definition) is 0. The fourth-order valence-electron chi connectivity index (χ4n) is 5.14. The van der Waals surface area contributed by atoms with Gasteiger partial charge in [0.05, 0.1) is 0 Å². The van der Waals surface area contributed by atoms with Crippen LogP contribution in [-0.2, 0) is 0 Å². The summed E-state index contributed by atoms with van der Waals surface area (Å²) in [5.74, 6) is 1.18. The van der Waals surface area contributed by atoms with Crippen LogP contribution in [-0.4, -0.2) is 0 Å². The van der Waals surface area contributed by atoms with Crippen LogP contribution in [0.4, 0.5) is 0 Å². The molecule has 0 heterocycles. The largest absolute Gasteiger partial charge is 0.0616 e. The fraction of sp³-hybridized carbons (Fsp3) is 0.259. The molecule has 0 heteroatoms. The lowest BCUT2D eigenvalue weighted by atomic mass is 9.83. The molecule has 5 rings (SSSR count). The Morgan fingerprint density at radius 1 is 0.556 bits per heavy atom. The molecule has 1 aliphatic carbocycles. The van der Waals surface area contributed by atoms with Gasteiger partial charge >= 0.3 is 0 Å². The third-order valence-electron chi connectivity index (χ3n) is 6.43. The molecule has 1 fully saturated rings. The van der Waals surface area contributed by atoms with Crippen LogP contribution in [0.1, 0.15) is 49.7 Å². The second kappa shape index (κ2) is 6.23. The Bertz CT molecular complexity index is 1030. The molecule has 0 radical (unpaired) electrons. The van der Waals surface area contributed by atoms with E-state index in [1.54, 1.807) is 0 Å². The lowest BCUT2D eigenvalue weighted by Crippen LogP contribution is -2.05. The Morgan fingerprint density at radius 3 is 1.41 bits per heavy atom. The predicted octanol–water partition coefficient (Wildman–Crippen LogP) is 7.68. The lowest BCUT2D eigenvalue weighted by molar-refractivity contribution is 0.372. The SMILES string of the molecule is CC1(C)C[C@H](c2ccc3ccccc3c2)[C@@H](c2ccc3ccccc3c2)C1. The normalized spacial score (nSPS) is 21.7. The summed E-state index contributed by atoms with van der Waals surface area (Å²) in [6.45, 7) is 4.87. The van der Waals surface area contributed by atoms with Crippen molar-refractivity contribution in [3.63, 3.8) is 0 Å². The monoisotopic (exact) mass is 350 g/mol. The first-order valence-electron chi connectivity index (χ1n) is 10.1. The van der Waals surface area contributed by atoms with E-state index in [9.17, 15) is 0 Å². The van der Waals surface area contributed by atoms with Crippen molar-refractivity contribution >= 4 is 21.5 Å². The molecule has 0 spiro atoms. The van der Waals surface area contributed by atoms with Crippen molar-refractivity contribution < 1.29 is 0 Å². The molecule has 4 aromatic carbocycles. The van der Waals surface area contributed by atoms with Gasteiger partial charge in [0.2, 0.25) is 0 Å². The van der Waals surface area contributed by atoms with E-state index in [1.165, 1.54) is 45.5 Å². The Hall–Kier alpha value is -2.60. The minimum atomic E-state index is 0.382. The molecule has 1 saturated carbocycles. The Balaban J connectivity index is 1.59. The number of fused-ring (bicyclic) bond motifs is 2. The van der Waals surface area contributed by atoms with Gasteiger partial charge in [0.15, 0.2) is 0 Å². The molecule has 0 unspecified atom stereocenters. The van der Waals surface area contributed by atoms with Crippen LogP contribution in [0.2, 0.25) is 0 Å². The second-order valence-corrected chi connectivity index (χ2v) is 9.00. The highest BCUT2D eigenvalue weighted by molar-refractivity contribution is 5.84. The topological polar surface area (TPSA) is 0 Å². The summed E-state index contributed by atoms with van der Waals surface area (Å²) < 4.78 is 0. The first kappa shape index (κ1) is 16.6. The van der Waals surface area contributed by atoms with E-state index in [1.807, 2.05) is 0 Å². The van der Waals surface area contributed by atoms with Gasteiger partial charge in [-0.15, -0.1) is 0 Å². The van der Waals surface area contributed by atoms with Gasteiger partial charge in [-0.1, -0.05) is 98.8 Å². The average molecular weight is 351 g/mol. The number of benzene rings is 4. The van der Waals surface area contributed by atoms with Crippen LogP contribution in [0.5, 0.6) is 0 Å². The van der Waals surface area contributed by atoms with E-state index >= 15 is 0 Å². The molecule has 0 amide bonds. The molecule has 0 aromatic heterocycles. The molecule has 4 aromatic rings. The smallest absolute Gasteiger partial charge is 0.00876 e. The van der Waals surface area contributed by atoms with Gasteiger partial charge in [0.1, 0.15) is 0 Å². The summed E-state index contributed by atoms with van der Waals surface area (Å²) in [6.07, 6.45) is 2.51. The molecule has 134 valence electrons. The second-order valence-electron chi connectivity index (χ2n) is 9.00. The van der Waals surface area contributed by atoms with Gasteiger partial charge in [-0.2, -0.15) is 0 Å². The maximum absolute atomic E-state index is 2.43. The molecule has 1 aliphatic rings. The zero-order chi connectivity index (χ0) is 18.4. The zero-order valence-electron chi connectivity index (χ0n) is 16.2. The van der Waals surface area contributed by atoms with Gasteiger partial charge in [0.25, 0.3) is 0 Å². The van der Waals surface area contributed by atoms with Gasteiger partial charge in [-0.3, -0.25) is 0 Å². The molecular weight excluding hydrogens is 324 g/mol. The van der Waals surface area contributed by atoms with Gasteiger partial charge in [-0.05, 0) is 62.8 Å². The molecule has 0 N–H and O–H groups in total. The summed E-state index contributed by atoms with van der Waals surface area (Å²) in [5, 5.41) is 5.38. The van der Waals surface area contributed by atoms with E-state index < -0.39 is 0 Å². The fourth-order valence-corrected chi connectivity index (χ4v) is 5.14. The van der Waals surface area contributed by atoms with Crippen LogP contribution in [0.3, 0.4) is 0 Å². The zero-order valence-corrected chi connectivity index (χ0v) is 16.2. The molecule has 0 aliphatic heterocycles. The standard InChI is InChI=1S/C27H26/c1-27(2)17-25(23-13-11-19-7-3-5-9-21(19)15-23)26(18-27)24-14-12-20-8-4-6-10-22(20)16-24/h3-16,25-26H,17-18H2,1-2H3/t25-,26-/m1/s1. The summed E-state index contributed by atoms with van der Waals surface area (Å²) in [4.78, 5) is 0. The summed E-state index contributed by atoms with van der Waals surface area (Å²) in [6, 6.07) is 31.6. The molecule has 0 bridgehead atoms. The quantitative estimate of drug-likeness (QED) is 0.348. The first-order chi connectivity index (χ1) is 13.1. The van der Waals surface area contributed by atoms with Crippen LogP contribution < -0.4 is 0 Å². The number of hydrogen-bond donors (Lipinski definition) is 0. The Labute approximate surface area is 161 Å². The Kier molecular flexibility index (Phi) is 3.82. The minimum absolute atomic E-state index is 0.382. The van der Waals surface area contributed by atoms with Gasteiger partial charge < -0.3 is 0 Å². The minimum Gasteiger partial charge on any atom is -0.0616 e. The molecule has 0 saturated heterocycles. The van der Waals surface area contributed by atoms with Crippen molar-refractivity contribution in [1.29, 1.82) is 0 Å². The van der Waals surface area contributed by atoms with Crippen molar-refractivity contribution in [2.24, 2.45) is 5.41 Å². The van der Waals surface area contributed by atoms with Gasteiger partial charge in [-0.25, -0.2) is 0 Å². The van der Waals surface area contributed by atoms with Gasteiger partial charge in [0, 0.05) is 0 Å². The van der Waals surface area contributed by atoms with E-state index in [4.69, 9.17) is 0 Å². The maximum atomic E-state index is 2.43. The maximum Gasteiger partial charge on any atom is -0.00876 e. The first-order valence-corrected chi connectivity index (χ1v) is 10.1. The predicted molar refractivity (Wildman–Crippen MR) is 116 cm³/mol. The number of rotatable bonds is 2. The van der Waals surface area contributed by atoms with Crippen molar-refractivity contribution in [3.05, 3.63) is 96.1 Å². The highest BCUT2D eigenvalue weighted by Crippen LogP contribution is 2.54. The molecule has 2 atom stereocenters. The van der Waals surface area contributed by atoms with E-state index in [0.29, 0.717) is 17.3 Å². The molecular formula is C27H26. The highest BCUT2D eigenvalue weighted by atomic mass is 14.4. The summed E-state index contributed by atoms with van der Waals surface area (Å²) >= 11 is 0. The average Bonchev–Trinajstić information content (AvgIpc) is 3.03. The van der Waals surface area contributed by atoms with Crippen molar-refractivity contribution in [2.75, 3.05) is 0 Å². The van der Waals surface area contributed by atoms with Crippen LogP contribution in [0.15, 0.2) is 84.9 Å². The lowest BCUT2D eigenvalue weighted by Gasteiger charge is -2.21. The van der Waals surface area contributed by atoms with Crippen molar-refractivity contribution in [3.8, 4) is 0 Å². The van der Waals surface area contributed by atoms with Crippen molar-refractivity contribution in [1.82, 2.24) is 0 Å². The van der Waals surface area contributed by atoms with E-state index in [-0.39, 0.29) is 0 Å². The van der Waals surface area contributed by atoms with Crippen LogP contribution >= 0.6 is 0 Å². The van der Waals surface area contributed by atoms with E-state index in [2.05, 4.69) is 98.8 Å². The van der Waals surface area contributed by atoms with Crippen molar-refractivity contribution in [2.45, 2.75) is 38.5 Å². The summed E-state index contributed by atoms with van der Waals surface area (Å²) in [5.41, 5.74) is 3.38.